The van der Waals surface area contributed by atoms with Gasteiger partial charge in [-0.25, -0.2) is 9.97 Å². The van der Waals surface area contributed by atoms with Gasteiger partial charge in [-0.3, -0.25) is 19.0 Å². The number of ketones is 1. The van der Waals surface area contributed by atoms with Crippen LogP contribution in [0.5, 0.6) is 0 Å². The Kier molecular flexibility index (Phi) is 6.90. The molecule has 1 aliphatic heterocycles. The molecule has 194 valence electrons. The highest BCUT2D eigenvalue weighted by Gasteiger charge is 2.27. The van der Waals surface area contributed by atoms with Gasteiger partial charge in [-0.1, -0.05) is 12.8 Å². The SMILES string of the molecule is COC(=O)C1CCN(c2ccc(Nc3ncc4c(C)c(C(C)=O)c(=O)n(C5CCCC5)c4n3)nc2)CC1. The zero-order valence-electron chi connectivity index (χ0n) is 21.5. The maximum atomic E-state index is 13.4. The molecule has 0 atom stereocenters. The summed E-state index contributed by atoms with van der Waals surface area (Å²) in [6, 6.07) is 3.87. The van der Waals surface area contributed by atoms with Crippen LogP contribution in [0.2, 0.25) is 0 Å². The Hall–Kier alpha value is -3.82. The number of aromatic nitrogens is 4. The lowest BCUT2D eigenvalue weighted by Crippen LogP contribution is -2.36. The molecule has 2 fully saturated rings. The summed E-state index contributed by atoms with van der Waals surface area (Å²) >= 11 is 0. The number of carbonyl (C=O) groups excluding carboxylic acids is 2. The fraction of sp³-hybridized carbons (Fsp3) is 0.481. The molecular formula is C27H32N6O4. The molecule has 3 aromatic heterocycles. The lowest BCUT2D eigenvalue weighted by Gasteiger charge is -2.32. The Morgan fingerprint density at radius 3 is 2.41 bits per heavy atom. The molecule has 5 rings (SSSR count). The second-order valence-electron chi connectivity index (χ2n) is 9.91. The van der Waals surface area contributed by atoms with Crippen LogP contribution >= 0.6 is 0 Å². The van der Waals surface area contributed by atoms with Crippen LogP contribution < -0.4 is 15.8 Å². The van der Waals surface area contributed by atoms with Gasteiger partial charge >= 0.3 is 5.97 Å². The number of piperidine rings is 1. The van der Waals surface area contributed by atoms with Gasteiger partial charge in [0.1, 0.15) is 11.5 Å². The number of nitrogens with zero attached hydrogens (tertiary/aromatic N) is 5. The van der Waals surface area contributed by atoms with Crippen molar-refractivity contribution in [1.29, 1.82) is 0 Å². The fourth-order valence-electron chi connectivity index (χ4n) is 5.61. The summed E-state index contributed by atoms with van der Waals surface area (Å²) in [5, 5.41) is 3.86. The first-order valence-corrected chi connectivity index (χ1v) is 12.9. The quantitative estimate of drug-likeness (QED) is 0.393. The first-order valence-electron chi connectivity index (χ1n) is 12.9. The number of esters is 1. The molecule has 0 aromatic carbocycles. The Balaban J connectivity index is 1.40. The van der Waals surface area contributed by atoms with Gasteiger partial charge in [0.05, 0.1) is 30.5 Å². The van der Waals surface area contributed by atoms with Crippen molar-refractivity contribution < 1.29 is 14.3 Å². The summed E-state index contributed by atoms with van der Waals surface area (Å²) in [6.45, 7) is 4.75. The van der Waals surface area contributed by atoms with Gasteiger partial charge in [0, 0.05) is 30.7 Å². The summed E-state index contributed by atoms with van der Waals surface area (Å²) in [4.78, 5) is 53.4. The first kappa shape index (κ1) is 24.9. The molecule has 2 aliphatic rings. The van der Waals surface area contributed by atoms with E-state index in [1.807, 2.05) is 12.1 Å². The third-order valence-corrected chi connectivity index (χ3v) is 7.63. The van der Waals surface area contributed by atoms with Crippen molar-refractivity contribution in [2.75, 3.05) is 30.4 Å². The smallest absolute Gasteiger partial charge is 0.308 e. The van der Waals surface area contributed by atoms with Crippen LogP contribution in [0, 0.1) is 12.8 Å². The molecule has 0 radical (unpaired) electrons. The van der Waals surface area contributed by atoms with Gasteiger partial charge in [-0.2, -0.15) is 4.98 Å². The van der Waals surface area contributed by atoms with Crippen molar-refractivity contribution in [3.63, 3.8) is 0 Å². The number of nitrogens with one attached hydrogen (secondary N) is 1. The standard InChI is InChI=1S/C27H32N6O4/c1-16-21-15-29-27(31-24(21)33(19-6-4-5-7-19)25(35)23(16)17(2)34)30-22-9-8-20(14-28-22)32-12-10-18(11-13-32)26(36)37-3/h8-9,14-15,18-19H,4-7,10-13H2,1-3H3,(H,28,29,30,31). The molecule has 4 heterocycles. The van der Waals surface area contributed by atoms with Crippen LogP contribution in [-0.2, 0) is 9.53 Å². The van der Waals surface area contributed by atoms with Crippen molar-refractivity contribution in [1.82, 2.24) is 19.5 Å². The second kappa shape index (κ2) is 10.3. The number of methoxy groups -OCH3 is 1. The molecule has 37 heavy (non-hydrogen) atoms. The highest BCUT2D eigenvalue weighted by atomic mass is 16.5. The topological polar surface area (TPSA) is 119 Å². The Bertz CT molecular complexity index is 1390. The molecule has 10 heteroatoms. The van der Waals surface area contributed by atoms with Crippen LogP contribution in [0.1, 0.15) is 67.4 Å². The molecule has 3 aromatic rings. The van der Waals surface area contributed by atoms with Crippen LogP contribution in [0.25, 0.3) is 11.0 Å². The minimum absolute atomic E-state index is 0.0252. The molecule has 10 nitrogen and oxygen atoms in total. The van der Waals surface area contributed by atoms with Crippen LogP contribution in [-0.4, -0.2) is 51.5 Å². The fourth-order valence-corrected chi connectivity index (χ4v) is 5.61. The predicted molar refractivity (Wildman–Crippen MR) is 141 cm³/mol. The van der Waals surface area contributed by atoms with E-state index < -0.39 is 0 Å². The van der Waals surface area contributed by atoms with Crippen molar-refractivity contribution in [2.24, 2.45) is 5.92 Å². The van der Waals surface area contributed by atoms with E-state index in [9.17, 15) is 14.4 Å². The average molecular weight is 505 g/mol. The highest BCUT2D eigenvalue weighted by molar-refractivity contribution is 5.99. The highest BCUT2D eigenvalue weighted by Crippen LogP contribution is 2.32. The van der Waals surface area contributed by atoms with Crippen molar-refractivity contribution >= 4 is 40.2 Å². The van der Waals surface area contributed by atoms with Crippen LogP contribution in [0.15, 0.2) is 29.3 Å². The first-order chi connectivity index (χ1) is 17.9. The van der Waals surface area contributed by atoms with E-state index in [2.05, 4.69) is 20.2 Å². The minimum atomic E-state index is -0.271. The third-order valence-electron chi connectivity index (χ3n) is 7.63. The maximum Gasteiger partial charge on any atom is 0.308 e. The number of carbonyl (C=O) groups is 2. The summed E-state index contributed by atoms with van der Waals surface area (Å²) < 4.78 is 6.57. The molecule has 0 spiro atoms. The van der Waals surface area contributed by atoms with E-state index >= 15 is 0 Å². The monoisotopic (exact) mass is 504 g/mol. The summed E-state index contributed by atoms with van der Waals surface area (Å²) in [6.07, 6.45) is 8.86. The van der Waals surface area contributed by atoms with E-state index in [0.29, 0.717) is 28.4 Å². The van der Waals surface area contributed by atoms with E-state index in [4.69, 9.17) is 9.72 Å². The second-order valence-corrected chi connectivity index (χ2v) is 9.91. The zero-order chi connectivity index (χ0) is 26.1. The van der Waals surface area contributed by atoms with E-state index in [-0.39, 0.29) is 34.8 Å². The molecule has 0 bridgehead atoms. The number of ether oxygens (including phenoxy) is 1. The molecular weight excluding hydrogens is 472 g/mol. The van der Waals surface area contributed by atoms with Crippen molar-refractivity contribution in [3.05, 3.63) is 46.0 Å². The number of hydrogen-bond donors (Lipinski definition) is 1. The Morgan fingerprint density at radius 1 is 1.05 bits per heavy atom. The predicted octanol–water partition coefficient (Wildman–Crippen LogP) is 3.95. The number of rotatable bonds is 6. The third kappa shape index (κ3) is 4.80. The number of fused-ring (bicyclic) bond motifs is 1. The molecule has 1 saturated heterocycles. The zero-order valence-corrected chi connectivity index (χ0v) is 21.5. The number of aryl methyl sites for hydroxylation is 1. The van der Waals surface area contributed by atoms with Crippen LogP contribution in [0.4, 0.5) is 17.5 Å². The van der Waals surface area contributed by atoms with Gasteiger partial charge in [0.25, 0.3) is 5.56 Å². The van der Waals surface area contributed by atoms with Gasteiger partial charge in [0.2, 0.25) is 5.95 Å². The average Bonchev–Trinajstić information content (AvgIpc) is 3.43. The van der Waals surface area contributed by atoms with Gasteiger partial charge in [-0.05, 0) is 57.2 Å². The largest absolute Gasteiger partial charge is 0.469 e. The molecule has 0 amide bonds. The van der Waals surface area contributed by atoms with E-state index in [1.165, 1.54) is 14.0 Å². The number of pyridine rings is 2. The van der Waals surface area contributed by atoms with Crippen LogP contribution in [0.3, 0.4) is 0 Å². The molecule has 0 unspecified atom stereocenters. The molecule has 1 N–H and O–H groups in total. The Labute approximate surface area is 215 Å². The van der Waals surface area contributed by atoms with Crippen molar-refractivity contribution in [3.8, 4) is 0 Å². The lowest BCUT2D eigenvalue weighted by molar-refractivity contribution is -0.146. The summed E-state index contributed by atoms with van der Waals surface area (Å²) in [5.74, 6) is 0.500. The van der Waals surface area contributed by atoms with Gasteiger partial charge < -0.3 is 15.0 Å². The maximum absolute atomic E-state index is 13.4. The number of Topliss-reactive ketones (excluding diaryl/α,β-unsaturated/α-hetero) is 1. The molecule has 1 aliphatic carbocycles. The van der Waals surface area contributed by atoms with Crippen molar-refractivity contribution in [2.45, 2.75) is 58.4 Å². The number of hydrogen-bond acceptors (Lipinski definition) is 9. The Morgan fingerprint density at radius 2 is 1.78 bits per heavy atom. The lowest BCUT2D eigenvalue weighted by atomic mass is 9.97. The minimum Gasteiger partial charge on any atom is -0.469 e. The summed E-state index contributed by atoms with van der Waals surface area (Å²) in [7, 11) is 1.43. The molecule has 1 saturated carbocycles. The normalized spacial score (nSPS) is 16.8. The van der Waals surface area contributed by atoms with Gasteiger partial charge in [-0.15, -0.1) is 0 Å². The summed E-state index contributed by atoms with van der Waals surface area (Å²) in [5.41, 5.74) is 2.09. The van der Waals surface area contributed by atoms with Gasteiger partial charge in [0.15, 0.2) is 5.78 Å². The van der Waals surface area contributed by atoms with E-state index in [0.717, 1.165) is 57.3 Å². The van der Waals surface area contributed by atoms with E-state index in [1.54, 1.807) is 23.9 Å². The number of anilines is 3.